The second-order valence-corrected chi connectivity index (χ2v) is 4.95. The van der Waals surface area contributed by atoms with E-state index in [0.717, 1.165) is 26.2 Å². The molecule has 0 aliphatic carbocycles. The molecule has 5 nitrogen and oxygen atoms in total. The molecule has 0 spiro atoms. The molecule has 0 aromatic rings. The summed E-state index contributed by atoms with van der Waals surface area (Å²) in [6, 6.07) is -0.0846. The van der Waals surface area contributed by atoms with E-state index >= 15 is 0 Å². The molecule has 1 heterocycles. The summed E-state index contributed by atoms with van der Waals surface area (Å²) in [4.78, 5) is 16.3. The van der Waals surface area contributed by atoms with Gasteiger partial charge in [0, 0.05) is 32.2 Å². The van der Waals surface area contributed by atoms with Crippen LogP contribution in [-0.4, -0.2) is 66.7 Å². The van der Waals surface area contributed by atoms with Crippen LogP contribution in [0.4, 0.5) is 0 Å². The molecular weight excluding hydrogens is 230 g/mol. The van der Waals surface area contributed by atoms with Gasteiger partial charge in [0.2, 0.25) is 5.91 Å². The molecule has 18 heavy (non-hydrogen) atoms. The molecule has 1 aliphatic rings. The molecule has 1 amide bonds. The third-order valence-electron chi connectivity index (χ3n) is 3.69. The van der Waals surface area contributed by atoms with Crippen LogP contribution >= 0.6 is 0 Å². The number of likely N-dealkylation sites (N-methyl/N-ethyl adjacent to an activating group) is 1. The first-order valence-electron chi connectivity index (χ1n) is 6.91. The Hall–Kier alpha value is -0.650. The molecule has 106 valence electrons. The summed E-state index contributed by atoms with van der Waals surface area (Å²) < 4.78 is 5.62. The summed E-state index contributed by atoms with van der Waals surface area (Å²) in [6.45, 7) is 11.7. The average Bonchev–Trinajstić information content (AvgIpc) is 2.39. The zero-order valence-electron chi connectivity index (χ0n) is 12.1. The van der Waals surface area contributed by atoms with Crippen molar-refractivity contribution in [3.63, 3.8) is 0 Å². The maximum absolute atomic E-state index is 12.3. The van der Waals surface area contributed by atoms with Crippen LogP contribution in [0.1, 0.15) is 27.7 Å². The predicted molar refractivity (Wildman–Crippen MR) is 72.4 cm³/mol. The topological polar surface area (TPSA) is 58.8 Å². The van der Waals surface area contributed by atoms with E-state index in [-0.39, 0.29) is 24.1 Å². The summed E-state index contributed by atoms with van der Waals surface area (Å²) in [6.07, 6.45) is 0.0331. The molecule has 5 heteroatoms. The van der Waals surface area contributed by atoms with E-state index in [0.29, 0.717) is 6.61 Å². The summed E-state index contributed by atoms with van der Waals surface area (Å²) in [5.74, 6) is 0.199. The number of nitrogens with two attached hydrogens (primary N) is 1. The zero-order chi connectivity index (χ0) is 13.7. The number of rotatable bonds is 5. The molecule has 3 atom stereocenters. The first-order chi connectivity index (χ1) is 8.51. The first kappa shape index (κ1) is 15.4. The summed E-state index contributed by atoms with van der Waals surface area (Å²) in [5.41, 5.74) is 5.87. The Labute approximate surface area is 110 Å². The van der Waals surface area contributed by atoms with E-state index in [1.165, 1.54) is 0 Å². The van der Waals surface area contributed by atoms with Crippen molar-refractivity contribution in [3.8, 4) is 0 Å². The van der Waals surface area contributed by atoms with E-state index in [2.05, 4.69) is 4.90 Å². The molecule has 1 fully saturated rings. The van der Waals surface area contributed by atoms with E-state index in [1.807, 2.05) is 32.6 Å². The van der Waals surface area contributed by atoms with Gasteiger partial charge in [-0.15, -0.1) is 0 Å². The molecule has 1 saturated heterocycles. The van der Waals surface area contributed by atoms with Gasteiger partial charge in [-0.2, -0.15) is 0 Å². The molecular formula is C13H27N3O2. The van der Waals surface area contributed by atoms with Crippen molar-refractivity contribution < 1.29 is 9.53 Å². The van der Waals surface area contributed by atoms with Gasteiger partial charge in [0.1, 0.15) is 0 Å². The Morgan fingerprint density at radius 2 is 2.06 bits per heavy atom. The number of carbonyl (C=O) groups is 1. The number of nitrogens with zero attached hydrogens (tertiary/aromatic N) is 2. The van der Waals surface area contributed by atoms with Crippen LogP contribution in [-0.2, 0) is 9.53 Å². The lowest BCUT2D eigenvalue weighted by Gasteiger charge is -2.38. The average molecular weight is 257 g/mol. The monoisotopic (exact) mass is 257 g/mol. The van der Waals surface area contributed by atoms with E-state index < -0.39 is 0 Å². The van der Waals surface area contributed by atoms with Gasteiger partial charge in [-0.25, -0.2) is 0 Å². The van der Waals surface area contributed by atoms with Crippen molar-refractivity contribution in [1.82, 2.24) is 9.80 Å². The fourth-order valence-corrected chi connectivity index (χ4v) is 2.32. The lowest BCUT2D eigenvalue weighted by molar-refractivity contribution is -0.139. The Balaban J connectivity index is 2.60. The van der Waals surface area contributed by atoms with Gasteiger partial charge in [-0.05, 0) is 27.7 Å². The highest BCUT2D eigenvalue weighted by Crippen LogP contribution is 2.12. The number of carbonyl (C=O) groups excluding carboxylic acids is 1. The SMILES string of the molecule is CCN(CC)C(=O)C(C)N1CCOC(C(C)N)C1. The van der Waals surface area contributed by atoms with Crippen molar-refractivity contribution in [2.45, 2.75) is 45.9 Å². The smallest absolute Gasteiger partial charge is 0.239 e. The summed E-state index contributed by atoms with van der Waals surface area (Å²) >= 11 is 0. The molecule has 1 aliphatic heterocycles. The van der Waals surface area contributed by atoms with Crippen molar-refractivity contribution in [2.75, 3.05) is 32.8 Å². The van der Waals surface area contributed by atoms with E-state index in [1.54, 1.807) is 0 Å². The molecule has 0 aromatic heterocycles. The third-order valence-corrected chi connectivity index (χ3v) is 3.69. The molecule has 3 unspecified atom stereocenters. The Bertz CT molecular complexity index is 267. The lowest BCUT2D eigenvalue weighted by atomic mass is 10.1. The third kappa shape index (κ3) is 3.67. The minimum absolute atomic E-state index is 0.00329. The molecule has 0 bridgehead atoms. The summed E-state index contributed by atoms with van der Waals surface area (Å²) in [5, 5.41) is 0. The van der Waals surface area contributed by atoms with Gasteiger partial charge < -0.3 is 15.4 Å². The quantitative estimate of drug-likeness (QED) is 0.769. The number of morpholine rings is 1. The highest BCUT2D eigenvalue weighted by molar-refractivity contribution is 5.81. The number of ether oxygens (including phenoxy) is 1. The van der Waals surface area contributed by atoms with Gasteiger partial charge in [-0.3, -0.25) is 9.69 Å². The Morgan fingerprint density at radius 1 is 1.44 bits per heavy atom. The van der Waals surface area contributed by atoms with Crippen LogP contribution in [0.2, 0.25) is 0 Å². The van der Waals surface area contributed by atoms with Crippen molar-refractivity contribution in [1.29, 1.82) is 0 Å². The maximum Gasteiger partial charge on any atom is 0.239 e. The van der Waals surface area contributed by atoms with Crippen LogP contribution < -0.4 is 5.73 Å². The first-order valence-corrected chi connectivity index (χ1v) is 6.91. The lowest BCUT2D eigenvalue weighted by Crippen LogP contribution is -2.56. The molecule has 2 N–H and O–H groups in total. The number of hydrogen-bond donors (Lipinski definition) is 1. The van der Waals surface area contributed by atoms with Crippen LogP contribution in [0.15, 0.2) is 0 Å². The van der Waals surface area contributed by atoms with Gasteiger partial charge in [0.25, 0.3) is 0 Å². The number of hydrogen-bond acceptors (Lipinski definition) is 4. The predicted octanol–water partition coefficient (Wildman–Crippen LogP) is 0.291. The standard InChI is InChI=1S/C13H27N3O2/c1-5-15(6-2)13(17)11(4)16-7-8-18-12(9-16)10(3)14/h10-12H,5-9,14H2,1-4H3. The minimum atomic E-state index is -0.0879. The Morgan fingerprint density at radius 3 is 2.56 bits per heavy atom. The highest BCUT2D eigenvalue weighted by Gasteiger charge is 2.30. The largest absolute Gasteiger partial charge is 0.374 e. The van der Waals surface area contributed by atoms with E-state index in [9.17, 15) is 4.79 Å². The van der Waals surface area contributed by atoms with Gasteiger partial charge in [0.15, 0.2) is 0 Å². The molecule has 0 aromatic carbocycles. The van der Waals surface area contributed by atoms with E-state index in [4.69, 9.17) is 10.5 Å². The Kier molecular flexibility index (Phi) is 6.05. The fraction of sp³-hybridized carbons (Fsp3) is 0.923. The van der Waals surface area contributed by atoms with Crippen molar-refractivity contribution in [2.24, 2.45) is 5.73 Å². The van der Waals surface area contributed by atoms with Crippen LogP contribution in [0.25, 0.3) is 0 Å². The fourth-order valence-electron chi connectivity index (χ4n) is 2.32. The van der Waals surface area contributed by atoms with Gasteiger partial charge >= 0.3 is 0 Å². The number of amides is 1. The van der Waals surface area contributed by atoms with Crippen LogP contribution in [0, 0.1) is 0 Å². The normalized spacial score (nSPS) is 24.6. The molecule has 0 saturated carbocycles. The molecule has 0 radical (unpaired) electrons. The highest BCUT2D eigenvalue weighted by atomic mass is 16.5. The van der Waals surface area contributed by atoms with Gasteiger partial charge in [-0.1, -0.05) is 0 Å². The molecule has 1 rings (SSSR count). The second kappa shape index (κ2) is 7.07. The van der Waals surface area contributed by atoms with Crippen molar-refractivity contribution >= 4 is 5.91 Å². The van der Waals surface area contributed by atoms with Crippen LogP contribution in [0.5, 0.6) is 0 Å². The van der Waals surface area contributed by atoms with Crippen molar-refractivity contribution in [3.05, 3.63) is 0 Å². The maximum atomic E-state index is 12.3. The second-order valence-electron chi connectivity index (χ2n) is 4.95. The minimum Gasteiger partial charge on any atom is -0.374 e. The summed E-state index contributed by atoms with van der Waals surface area (Å²) in [7, 11) is 0. The van der Waals surface area contributed by atoms with Crippen LogP contribution in [0.3, 0.4) is 0 Å². The zero-order valence-corrected chi connectivity index (χ0v) is 12.1. The van der Waals surface area contributed by atoms with Gasteiger partial charge in [0.05, 0.1) is 18.8 Å².